The number of nitrogens with zero attached hydrogens (tertiary/aromatic N) is 3. The van der Waals surface area contributed by atoms with Crippen molar-refractivity contribution in [1.29, 1.82) is 0 Å². The Hall–Kier alpha value is -5.16. The molecule has 0 unspecified atom stereocenters. The van der Waals surface area contributed by atoms with Crippen molar-refractivity contribution in [2.75, 3.05) is 41.0 Å². The number of nitrogens with one attached hydrogen (secondary N) is 1. The first-order valence-electron chi connectivity index (χ1n) is 15.0. The molecule has 0 aliphatic rings. The number of fused-ring (bicyclic) bond motifs is 1. The van der Waals surface area contributed by atoms with Crippen molar-refractivity contribution in [3.63, 3.8) is 0 Å². The molecule has 46 heavy (non-hydrogen) atoms. The van der Waals surface area contributed by atoms with Crippen LogP contribution in [0.2, 0.25) is 0 Å². The minimum atomic E-state index is -0.107. The van der Waals surface area contributed by atoms with Crippen LogP contribution in [0.5, 0.6) is 17.2 Å². The highest BCUT2D eigenvalue weighted by atomic mass is 16.5. The molecule has 4 aromatic rings. The van der Waals surface area contributed by atoms with Crippen molar-refractivity contribution in [2.45, 2.75) is 25.8 Å². The number of benzene rings is 2. The summed E-state index contributed by atoms with van der Waals surface area (Å²) in [5, 5.41) is 4.63. The lowest BCUT2D eigenvalue weighted by Gasteiger charge is -2.22. The summed E-state index contributed by atoms with van der Waals surface area (Å²) in [7, 11) is 6.96. The maximum atomic E-state index is 12.7. The first-order chi connectivity index (χ1) is 22.3. The highest BCUT2D eigenvalue weighted by molar-refractivity contribution is 5.96. The fraction of sp³-hybridized carbons (Fsp3) is 0.314. The van der Waals surface area contributed by atoms with E-state index >= 15 is 0 Å². The Morgan fingerprint density at radius 2 is 1.74 bits per heavy atom. The molecule has 4 rings (SSSR count). The van der Waals surface area contributed by atoms with E-state index in [4.69, 9.17) is 19.9 Å². The molecule has 2 aromatic carbocycles. The maximum absolute atomic E-state index is 12.7. The molecular formula is C35H41N5O6. The van der Waals surface area contributed by atoms with Gasteiger partial charge in [-0.25, -0.2) is 0 Å². The molecule has 0 bridgehead atoms. The van der Waals surface area contributed by atoms with E-state index in [2.05, 4.69) is 15.2 Å². The normalized spacial score (nSPS) is 11.5. The molecule has 2 aromatic heterocycles. The summed E-state index contributed by atoms with van der Waals surface area (Å²) in [6.07, 6.45) is 11.0. The summed E-state index contributed by atoms with van der Waals surface area (Å²) in [4.78, 5) is 40.9. The molecule has 0 aliphatic carbocycles. The van der Waals surface area contributed by atoms with E-state index in [1.807, 2.05) is 37.6 Å². The molecule has 0 radical (unpaired) electrons. The van der Waals surface area contributed by atoms with E-state index < -0.39 is 0 Å². The van der Waals surface area contributed by atoms with E-state index in [9.17, 15) is 14.4 Å². The standard InChI is InChI=1S/C35H41N5O6/c1-39(19-27(36)17-37-11-6-5-7-13-46-28-9-8-24(22-41)26(14-28)23-42)20-32-33(44-3)15-25(16-34(32)45-4)31-21-40(2)35(43)30-18-38-12-10-29(30)31/h8-10,12,14-18,21-23,37H,5-7,11,13,19-20,36H2,1-4H3/b27-17-. The highest BCUT2D eigenvalue weighted by Crippen LogP contribution is 2.37. The Bertz CT molecular complexity index is 1740. The molecule has 0 aliphatic heterocycles. The minimum Gasteiger partial charge on any atom is -0.496 e. The zero-order valence-electron chi connectivity index (χ0n) is 26.7. The summed E-state index contributed by atoms with van der Waals surface area (Å²) in [6, 6.07) is 10.6. The van der Waals surface area contributed by atoms with Gasteiger partial charge in [0, 0.05) is 73.9 Å². The fourth-order valence-electron chi connectivity index (χ4n) is 5.27. The number of carbonyl (C=O) groups is 2. The molecule has 0 saturated heterocycles. The summed E-state index contributed by atoms with van der Waals surface area (Å²) < 4.78 is 18.9. The van der Waals surface area contributed by atoms with Gasteiger partial charge in [-0.15, -0.1) is 0 Å². The Morgan fingerprint density at radius 3 is 2.43 bits per heavy atom. The number of hydrogen-bond donors (Lipinski definition) is 2. The van der Waals surface area contributed by atoms with Crippen LogP contribution in [0.4, 0.5) is 0 Å². The van der Waals surface area contributed by atoms with Gasteiger partial charge < -0.3 is 29.8 Å². The van der Waals surface area contributed by atoms with Gasteiger partial charge in [0.15, 0.2) is 12.6 Å². The van der Waals surface area contributed by atoms with Gasteiger partial charge in [0.1, 0.15) is 17.2 Å². The molecule has 0 atom stereocenters. The lowest BCUT2D eigenvalue weighted by atomic mass is 9.99. The van der Waals surface area contributed by atoms with Crippen LogP contribution in [0.3, 0.4) is 0 Å². The van der Waals surface area contributed by atoms with Crippen molar-refractivity contribution in [1.82, 2.24) is 19.8 Å². The van der Waals surface area contributed by atoms with E-state index in [0.29, 0.717) is 71.7 Å². The number of ether oxygens (including phenoxy) is 3. The molecular weight excluding hydrogens is 586 g/mol. The van der Waals surface area contributed by atoms with Crippen molar-refractivity contribution in [2.24, 2.45) is 12.8 Å². The smallest absolute Gasteiger partial charge is 0.259 e. The van der Waals surface area contributed by atoms with Gasteiger partial charge in [-0.05, 0) is 73.7 Å². The Balaban J connectivity index is 1.29. The van der Waals surface area contributed by atoms with E-state index in [1.54, 1.807) is 56.4 Å². The SMILES string of the molecule is COc1cc(-c2cn(C)c(=O)c3cnccc23)cc(OC)c1CN(C)C/C(N)=C/NCCCCCOc1ccc(C=O)c(C=O)c1. The van der Waals surface area contributed by atoms with Gasteiger partial charge in [0.2, 0.25) is 0 Å². The number of nitrogens with two attached hydrogens (primary N) is 1. The third-order valence-corrected chi connectivity index (χ3v) is 7.62. The van der Waals surface area contributed by atoms with Crippen LogP contribution >= 0.6 is 0 Å². The zero-order valence-corrected chi connectivity index (χ0v) is 26.7. The van der Waals surface area contributed by atoms with Gasteiger partial charge >= 0.3 is 0 Å². The first kappa shape index (κ1) is 33.7. The number of rotatable bonds is 17. The molecule has 0 saturated carbocycles. The third kappa shape index (κ3) is 8.30. The van der Waals surface area contributed by atoms with Crippen molar-refractivity contribution in [3.05, 3.63) is 93.9 Å². The molecule has 0 amide bonds. The Kier molecular flexibility index (Phi) is 11.9. The molecule has 11 heteroatoms. The van der Waals surface area contributed by atoms with Crippen LogP contribution in [0, 0.1) is 0 Å². The lowest BCUT2D eigenvalue weighted by Crippen LogP contribution is -2.25. The lowest BCUT2D eigenvalue weighted by molar-refractivity contribution is 0.109. The number of pyridine rings is 2. The van der Waals surface area contributed by atoms with E-state index in [-0.39, 0.29) is 5.56 Å². The topological polar surface area (TPSA) is 138 Å². The molecule has 2 heterocycles. The monoisotopic (exact) mass is 627 g/mol. The average molecular weight is 628 g/mol. The van der Waals surface area contributed by atoms with Crippen LogP contribution in [0.15, 0.2) is 71.7 Å². The van der Waals surface area contributed by atoms with Crippen LogP contribution in [-0.4, -0.2) is 68.0 Å². The number of likely N-dealkylation sites (N-methyl/N-ethyl adjacent to an activating group) is 1. The van der Waals surface area contributed by atoms with E-state index in [1.165, 1.54) is 0 Å². The number of hydrogen-bond acceptors (Lipinski definition) is 10. The predicted molar refractivity (Wildman–Crippen MR) is 179 cm³/mol. The van der Waals surface area contributed by atoms with Crippen LogP contribution < -0.4 is 30.8 Å². The summed E-state index contributed by atoms with van der Waals surface area (Å²) >= 11 is 0. The van der Waals surface area contributed by atoms with Gasteiger partial charge in [0.25, 0.3) is 5.56 Å². The predicted octanol–water partition coefficient (Wildman–Crippen LogP) is 4.31. The van der Waals surface area contributed by atoms with Crippen molar-refractivity contribution < 1.29 is 23.8 Å². The summed E-state index contributed by atoms with van der Waals surface area (Å²) in [5.41, 5.74) is 10.2. The summed E-state index contributed by atoms with van der Waals surface area (Å²) in [6.45, 7) is 2.35. The number of aryl methyl sites for hydroxylation is 1. The molecule has 0 spiro atoms. The van der Waals surface area contributed by atoms with Crippen LogP contribution in [0.1, 0.15) is 45.5 Å². The largest absolute Gasteiger partial charge is 0.496 e. The summed E-state index contributed by atoms with van der Waals surface area (Å²) in [5.74, 6) is 1.92. The number of aldehydes is 2. The Morgan fingerprint density at radius 1 is 1.00 bits per heavy atom. The van der Waals surface area contributed by atoms with Crippen molar-refractivity contribution >= 4 is 23.3 Å². The van der Waals surface area contributed by atoms with Crippen LogP contribution in [0.25, 0.3) is 21.9 Å². The van der Waals surface area contributed by atoms with Gasteiger partial charge in [-0.3, -0.25) is 24.3 Å². The third-order valence-electron chi connectivity index (χ3n) is 7.62. The first-order valence-corrected chi connectivity index (χ1v) is 15.0. The minimum absolute atomic E-state index is 0.107. The van der Waals surface area contributed by atoms with Gasteiger partial charge in [-0.1, -0.05) is 0 Å². The Labute approximate surface area is 268 Å². The van der Waals surface area contributed by atoms with Gasteiger partial charge in [0.05, 0.1) is 31.8 Å². The van der Waals surface area contributed by atoms with Gasteiger partial charge in [-0.2, -0.15) is 0 Å². The van der Waals surface area contributed by atoms with Crippen LogP contribution in [-0.2, 0) is 13.6 Å². The second-order valence-electron chi connectivity index (χ2n) is 11.0. The second kappa shape index (κ2) is 16.2. The molecule has 0 fully saturated rings. The average Bonchev–Trinajstić information content (AvgIpc) is 3.07. The second-order valence-corrected chi connectivity index (χ2v) is 11.0. The van der Waals surface area contributed by atoms with E-state index in [0.717, 1.165) is 47.9 Å². The molecule has 242 valence electrons. The maximum Gasteiger partial charge on any atom is 0.259 e. The highest BCUT2D eigenvalue weighted by Gasteiger charge is 2.18. The number of unbranched alkanes of at least 4 members (excludes halogenated alkanes) is 2. The fourth-order valence-corrected chi connectivity index (χ4v) is 5.27. The van der Waals surface area contributed by atoms with Crippen molar-refractivity contribution in [3.8, 4) is 28.4 Å². The number of methoxy groups -OCH3 is 2. The molecule has 3 N–H and O–H groups in total. The quantitative estimate of drug-likeness (QED) is 0.129. The molecule has 11 nitrogen and oxygen atoms in total. The number of aromatic nitrogens is 2. The number of carbonyl (C=O) groups excluding carboxylic acids is 2. The zero-order chi connectivity index (χ0) is 33.1.